The van der Waals surface area contributed by atoms with Gasteiger partial charge in [-0.05, 0) is 42.7 Å². The summed E-state index contributed by atoms with van der Waals surface area (Å²) in [6.07, 6.45) is 1.16. The van der Waals surface area contributed by atoms with Gasteiger partial charge in [0.1, 0.15) is 0 Å². The highest BCUT2D eigenvalue weighted by molar-refractivity contribution is 8.00. The van der Waals surface area contributed by atoms with Crippen molar-refractivity contribution in [3.05, 3.63) is 64.7 Å². The molecule has 1 N–H and O–H groups in total. The maximum atomic E-state index is 6.05. The van der Waals surface area contributed by atoms with Gasteiger partial charge in [-0.3, -0.25) is 0 Å². The van der Waals surface area contributed by atoms with E-state index in [1.807, 2.05) is 30.0 Å². The first-order valence-corrected chi connectivity index (χ1v) is 8.21. The Balaban J connectivity index is 1.56. The van der Waals surface area contributed by atoms with Gasteiger partial charge in [-0.25, -0.2) is 0 Å². The van der Waals surface area contributed by atoms with Crippen molar-refractivity contribution in [3.8, 4) is 0 Å². The Bertz CT molecular complexity index is 574. The van der Waals surface area contributed by atoms with E-state index < -0.39 is 0 Å². The fourth-order valence-electron chi connectivity index (χ4n) is 2.57. The van der Waals surface area contributed by atoms with Crippen LogP contribution < -0.4 is 5.32 Å². The van der Waals surface area contributed by atoms with Crippen molar-refractivity contribution < 1.29 is 0 Å². The van der Waals surface area contributed by atoms with Crippen molar-refractivity contribution >= 4 is 23.4 Å². The minimum atomic E-state index is 0.331. The summed E-state index contributed by atoms with van der Waals surface area (Å²) in [6, 6.07) is 17.1. The molecule has 0 spiro atoms. The van der Waals surface area contributed by atoms with E-state index in [1.165, 1.54) is 16.0 Å². The zero-order valence-corrected chi connectivity index (χ0v) is 13.0. The summed E-state index contributed by atoms with van der Waals surface area (Å²) in [5, 5.41) is 5.06. The first-order valence-electron chi connectivity index (χ1n) is 6.96. The highest BCUT2D eigenvalue weighted by atomic mass is 35.5. The quantitative estimate of drug-likeness (QED) is 0.878. The predicted octanol–water partition coefficient (Wildman–Crippen LogP) is 4.71. The van der Waals surface area contributed by atoms with Crippen LogP contribution in [0.4, 0.5) is 0 Å². The summed E-state index contributed by atoms with van der Waals surface area (Å²) in [5.41, 5.74) is 2.73. The number of nitrogens with one attached hydrogen (secondary N) is 1. The molecule has 2 aromatic rings. The highest BCUT2D eigenvalue weighted by Crippen LogP contribution is 2.36. The summed E-state index contributed by atoms with van der Waals surface area (Å²) < 4.78 is 0. The topological polar surface area (TPSA) is 12.0 Å². The molecule has 0 saturated heterocycles. The molecule has 104 valence electrons. The van der Waals surface area contributed by atoms with Crippen LogP contribution in [0, 0.1) is 0 Å². The summed E-state index contributed by atoms with van der Waals surface area (Å²) in [5.74, 6) is 0. The average Bonchev–Trinajstić information content (AvgIpc) is 2.87. The van der Waals surface area contributed by atoms with Crippen LogP contribution in [0.1, 0.15) is 24.1 Å². The molecule has 1 nitrogen and oxygen atoms in total. The Hall–Kier alpha value is -0.960. The van der Waals surface area contributed by atoms with E-state index in [4.69, 9.17) is 11.6 Å². The second-order valence-electron chi connectivity index (χ2n) is 5.24. The first-order chi connectivity index (χ1) is 9.72. The van der Waals surface area contributed by atoms with Crippen LogP contribution >= 0.6 is 23.4 Å². The standard InChI is InChI=1S/C17H18ClNS/c1-12(13-6-4-7-15(18)9-13)19-11-16-10-14-5-2-3-8-17(14)20-16/h2-9,12,16,19H,10-11H2,1H3/t12-,16?/m1/s1. The summed E-state index contributed by atoms with van der Waals surface area (Å²) in [7, 11) is 0. The Morgan fingerprint density at radius 1 is 1.25 bits per heavy atom. The van der Waals surface area contributed by atoms with Gasteiger partial charge in [-0.2, -0.15) is 0 Å². The summed E-state index contributed by atoms with van der Waals surface area (Å²) in [6.45, 7) is 3.21. The van der Waals surface area contributed by atoms with Crippen molar-refractivity contribution in [2.75, 3.05) is 6.54 Å². The lowest BCUT2D eigenvalue weighted by molar-refractivity contribution is 0.567. The largest absolute Gasteiger partial charge is 0.309 e. The lowest BCUT2D eigenvalue weighted by Crippen LogP contribution is -2.27. The van der Waals surface area contributed by atoms with Crippen LogP contribution in [0.15, 0.2) is 53.4 Å². The SMILES string of the molecule is C[C@@H](NCC1Cc2ccccc2S1)c1cccc(Cl)c1. The lowest BCUT2D eigenvalue weighted by Gasteiger charge is -2.17. The lowest BCUT2D eigenvalue weighted by atomic mass is 10.1. The molecule has 3 heteroatoms. The number of hydrogen-bond acceptors (Lipinski definition) is 2. The fourth-order valence-corrected chi connectivity index (χ4v) is 4.03. The van der Waals surface area contributed by atoms with Crippen LogP contribution in [-0.4, -0.2) is 11.8 Å². The second-order valence-corrected chi connectivity index (χ2v) is 7.02. The second kappa shape index (κ2) is 6.21. The molecule has 0 saturated carbocycles. The number of rotatable bonds is 4. The minimum absolute atomic E-state index is 0.331. The Morgan fingerprint density at radius 3 is 2.90 bits per heavy atom. The number of fused-ring (bicyclic) bond motifs is 1. The molecule has 20 heavy (non-hydrogen) atoms. The molecule has 1 unspecified atom stereocenters. The number of halogens is 1. The van der Waals surface area contributed by atoms with Crippen molar-refractivity contribution in [1.82, 2.24) is 5.32 Å². The van der Waals surface area contributed by atoms with Gasteiger partial charge in [0.05, 0.1) is 0 Å². The monoisotopic (exact) mass is 303 g/mol. The Morgan fingerprint density at radius 2 is 2.10 bits per heavy atom. The molecule has 0 amide bonds. The van der Waals surface area contributed by atoms with Gasteiger partial charge < -0.3 is 5.32 Å². The normalized spacial score (nSPS) is 18.8. The van der Waals surface area contributed by atoms with Gasteiger partial charge in [-0.15, -0.1) is 11.8 Å². The maximum absolute atomic E-state index is 6.05. The molecule has 0 radical (unpaired) electrons. The van der Waals surface area contributed by atoms with Crippen LogP contribution in [0.5, 0.6) is 0 Å². The average molecular weight is 304 g/mol. The molecule has 0 bridgehead atoms. The van der Waals surface area contributed by atoms with Gasteiger partial charge in [-0.1, -0.05) is 41.9 Å². The van der Waals surface area contributed by atoms with E-state index in [9.17, 15) is 0 Å². The molecule has 0 aliphatic carbocycles. The van der Waals surface area contributed by atoms with Gasteiger partial charge in [0.25, 0.3) is 0 Å². The first kappa shape index (κ1) is 14.0. The van der Waals surface area contributed by atoms with E-state index in [0.29, 0.717) is 11.3 Å². The Labute approximate surface area is 129 Å². The molecule has 2 atom stereocenters. The molecule has 3 rings (SSSR count). The van der Waals surface area contributed by atoms with E-state index in [0.717, 1.165) is 18.0 Å². The van der Waals surface area contributed by atoms with Gasteiger partial charge >= 0.3 is 0 Å². The molecular weight excluding hydrogens is 286 g/mol. The van der Waals surface area contributed by atoms with Crippen molar-refractivity contribution in [1.29, 1.82) is 0 Å². The van der Waals surface area contributed by atoms with Crippen molar-refractivity contribution in [3.63, 3.8) is 0 Å². The van der Waals surface area contributed by atoms with Gasteiger partial charge in [0.15, 0.2) is 0 Å². The molecule has 1 aliphatic rings. The summed E-state index contributed by atoms with van der Waals surface area (Å²) in [4.78, 5) is 1.44. The van der Waals surface area contributed by atoms with E-state index in [2.05, 4.69) is 42.6 Å². The number of hydrogen-bond donors (Lipinski definition) is 1. The highest BCUT2D eigenvalue weighted by Gasteiger charge is 2.21. The molecule has 0 fully saturated rings. The number of thioether (sulfide) groups is 1. The van der Waals surface area contributed by atoms with Crippen molar-refractivity contribution in [2.45, 2.75) is 29.5 Å². The summed E-state index contributed by atoms with van der Waals surface area (Å²) >= 11 is 8.03. The molecule has 1 aliphatic heterocycles. The molecular formula is C17H18ClNS. The smallest absolute Gasteiger partial charge is 0.0409 e. The number of benzene rings is 2. The van der Waals surface area contributed by atoms with E-state index in [1.54, 1.807) is 0 Å². The zero-order chi connectivity index (χ0) is 13.9. The molecule has 1 heterocycles. The minimum Gasteiger partial charge on any atom is -0.309 e. The fraction of sp³-hybridized carbons (Fsp3) is 0.294. The van der Waals surface area contributed by atoms with Crippen LogP contribution in [0.3, 0.4) is 0 Å². The third kappa shape index (κ3) is 3.20. The van der Waals surface area contributed by atoms with Crippen LogP contribution in [0.2, 0.25) is 5.02 Å². The van der Waals surface area contributed by atoms with E-state index >= 15 is 0 Å². The third-order valence-corrected chi connectivity index (χ3v) is 5.27. The zero-order valence-electron chi connectivity index (χ0n) is 11.5. The Kier molecular flexibility index (Phi) is 4.35. The molecule has 0 aromatic heterocycles. The predicted molar refractivity (Wildman–Crippen MR) is 87.7 cm³/mol. The third-order valence-electron chi connectivity index (χ3n) is 3.71. The van der Waals surface area contributed by atoms with Gasteiger partial charge in [0, 0.05) is 27.8 Å². The van der Waals surface area contributed by atoms with Crippen LogP contribution in [0.25, 0.3) is 0 Å². The van der Waals surface area contributed by atoms with Crippen LogP contribution in [-0.2, 0) is 6.42 Å². The molecule has 2 aromatic carbocycles. The van der Waals surface area contributed by atoms with Crippen molar-refractivity contribution in [2.24, 2.45) is 0 Å². The van der Waals surface area contributed by atoms with E-state index in [-0.39, 0.29) is 0 Å². The maximum Gasteiger partial charge on any atom is 0.0409 e. The van der Waals surface area contributed by atoms with Gasteiger partial charge in [0.2, 0.25) is 0 Å².